The molecule has 0 radical (unpaired) electrons. The van der Waals surface area contributed by atoms with E-state index in [1.807, 2.05) is 0 Å². The Balaban J connectivity index is 2.37. The zero-order valence-electron chi connectivity index (χ0n) is 4.05. The molecular formula is C2H3NO6. The molecule has 52 valence electrons. The summed E-state index contributed by atoms with van der Waals surface area (Å²) in [5, 5.41) is 24.8. The first kappa shape index (κ1) is 6.20. The van der Waals surface area contributed by atoms with Gasteiger partial charge in [0, 0.05) is 0 Å². The number of epoxide rings is 1. The highest BCUT2D eigenvalue weighted by molar-refractivity contribution is 4.70. The predicted octanol–water partition coefficient (Wildman–Crippen LogP) is -1.81. The van der Waals surface area contributed by atoms with Crippen molar-refractivity contribution >= 4 is 0 Å². The minimum atomic E-state index is -2.41. The van der Waals surface area contributed by atoms with Gasteiger partial charge in [0.15, 0.2) is 0 Å². The topological polar surface area (TPSA) is 105 Å². The first-order valence-electron chi connectivity index (χ1n) is 1.96. The molecule has 0 saturated carbocycles. The molecule has 1 saturated heterocycles. The Morgan fingerprint density at radius 3 is 2.44 bits per heavy atom. The lowest BCUT2D eigenvalue weighted by molar-refractivity contribution is -0.793. The fourth-order valence-corrected chi connectivity index (χ4v) is 0.299. The normalized spacial score (nSPS) is 40.0. The Kier molecular flexibility index (Phi) is 1.05. The van der Waals surface area contributed by atoms with Crippen LogP contribution in [0.5, 0.6) is 0 Å². The summed E-state index contributed by atoms with van der Waals surface area (Å²) in [5.74, 6) is -2.41. The quantitative estimate of drug-likeness (QED) is 0.201. The maximum absolute atomic E-state index is 9.43. The van der Waals surface area contributed by atoms with Gasteiger partial charge in [0.2, 0.25) is 6.29 Å². The average Bonchev–Trinajstić information content (AvgIpc) is 2.10. The molecular weight excluding hydrogens is 134 g/mol. The molecule has 0 spiro atoms. The van der Waals surface area contributed by atoms with Gasteiger partial charge in [-0.1, -0.05) is 0 Å². The van der Waals surface area contributed by atoms with Crippen LogP contribution < -0.4 is 0 Å². The Labute approximate surface area is 48.5 Å². The number of ether oxygens (including phenoxy) is 1. The van der Waals surface area contributed by atoms with E-state index in [4.69, 9.17) is 10.2 Å². The molecule has 7 nitrogen and oxygen atoms in total. The van der Waals surface area contributed by atoms with E-state index in [1.54, 1.807) is 0 Å². The van der Waals surface area contributed by atoms with Crippen molar-refractivity contribution in [2.75, 3.05) is 0 Å². The molecule has 0 aliphatic carbocycles. The maximum Gasteiger partial charge on any atom is 0.377 e. The highest BCUT2D eigenvalue weighted by atomic mass is 17.1. The van der Waals surface area contributed by atoms with E-state index < -0.39 is 17.3 Å². The number of aliphatic hydroxyl groups is 2. The molecule has 0 aromatic rings. The number of rotatable bonds is 2. The van der Waals surface area contributed by atoms with E-state index in [9.17, 15) is 10.1 Å². The van der Waals surface area contributed by atoms with Crippen LogP contribution in [0.1, 0.15) is 0 Å². The van der Waals surface area contributed by atoms with Crippen LogP contribution in [-0.4, -0.2) is 27.6 Å². The molecule has 2 unspecified atom stereocenters. The van der Waals surface area contributed by atoms with E-state index in [1.165, 1.54) is 0 Å². The van der Waals surface area contributed by atoms with Crippen LogP contribution in [0.25, 0.3) is 0 Å². The smallest absolute Gasteiger partial charge is 0.362 e. The number of hydrogen-bond acceptors (Lipinski definition) is 6. The highest BCUT2D eigenvalue weighted by Gasteiger charge is 2.60. The van der Waals surface area contributed by atoms with Gasteiger partial charge in [-0.2, -0.15) is 0 Å². The third kappa shape index (κ3) is 1.07. The fraction of sp³-hybridized carbons (Fsp3) is 1.00. The SMILES string of the molecule is O=[N+]([O-])OC1(O)OC1O. The second-order valence-electron chi connectivity index (χ2n) is 1.42. The Morgan fingerprint density at radius 2 is 2.33 bits per heavy atom. The van der Waals surface area contributed by atoms with Gasteiger partial charge in [0.25, 0.3) is 5.09 Å². The van der Waals surface area contributed by atoms with E-state index in [-0.39, 0.29) is 0 Å². The van der Waals surface area contributed by atoms with Crippen molar-refractivity contribution in [2.24, 2.45) is 0 Å². The second kappa shape index (κ2) is 1.53. The van der Waals surface area contributed by atoms with Crippen LogP contribution in [0.15, 0.2) is 0 Å². The molecule has 1 heterocycles. The minimum Gasteiger partial charge on any atom is -0.362 e. The van der Waals surface area contributed by atoms with Crippen molar-refractivity contribution < 1.29 is 24.9 Å². The molecule has 2 atom stereocenters. The van der Waals surface area contributed by atoms with Crippen LogP contribution in [0, 0.1) is 10.1 Å². The third-order valence-electron chi connectivity index (χ3n) is 0.741. The van der Waals surface area contributed by atoms with Gasteiger partial charge in [-0.3, -0.25) is 4.74 Å². The zero-order chi connectivity index (χ0) is 7.07. The van der Waals surface area contributed by atoms with Crippen LogP contribution in [0.4, 0.5) is 0 Å². The van der Waals surface area contributed by atoms with Gasteiger partial charge >= 0.3 is 5.97 Å². The first-order valence-corrected chi connectivity index (χ1v) is 1.96. The molecule has 7 heteroatoms. The molecule has 9 heavy (non-hydrogen) atoms. The molecule has 2 N–H and O–H groups in total. The number of hydrogen-bond donors (Lipinski definition) is 2. The summed E-state index contributed by atoms with van der Waals surface area (Å²) in [7, 11) is 0. The third-order valence-corrected chi connectivity index (χ3v) is 0.741. The van der Waals surface area contributed by atoms with Crippen LogP contribution in [0.3, 0.4) is 0 Å². The van der Waals surface area contributed by atoms with Gasteiger partial charge in [-0.25, -0.2) is 4.84 Å². The monoisotopic (exact) mass is 137 g/mol. The van der Waals surface area contributed by atoms with Crippen LogP contribution in [-0.2, 0) is 9.57 Å². The molecule has 0 aromatic heterocycles. The Hall–Kier alpha value is -0.920. The Morgan fingerprint density at radius 1 is 1.89 bits per heavy atom. The summed E-state index contributed by atoms with van der Waals surface area (Å²) in [6, 6.07) is 0. The molecule has 0 aromatic carbocycles. The van der Waals surface area contributed by atoms with E-state index in [0.29, 0.717) is 0 Å². The van der Waals surface area contributed by atoms with Gasteiger partial charge in [-0.05, 0) is 0 Å². The van der Waals surface area contributed by atoms with Gasteiger partial charge < -0.3 is 10.2 Å². The highest BCUT2D eigenvalue weighted by Crippen LogP contribution is 2.31. The van der Waals surface area contributed by atoms with Crippen molar-refractivity contribution in [1.82, 2.24) is 0 Å². The summed E-state index contributed by atoms with van der Waals surface area (Å²) in [4.78, 5) is 12.9. The fourth-order valence-electron chi connectivity index (χ4n) is 0.299. The van der Waals surface area contributed by atoms with E-state index in [2.05, 4.69) is 9.57 Å². The summed E-state index contributed by atoms with van der Waals surface area (Å²) in [6.07, 6.45) is -1.61. The minimum absolute atomic E-state index is 1.25. The summed E-state index contributed by atoms with van der Waals surface area (Å²) in [6.45, 7) is 0. The van der Waals surface area contributed by atoms with E-state index in [0.717, 1.165) is 0 Å². The lowest BCUT2D eigenvalue weighted by Gasteiger charge is -1.96. The molecule has 1 rings (SSSR count). The Bertz CT molecular complexity index is 146. The number of nitrogens with zero attached hydrogens (tertiary/aromatic N) is 1. The van der Waals surface area contributed by atoms with Gasteiger partial charge in [0.1, 0.15) is 0 Å². The van der Waals surface area contributed by atoms with Crippen molar-refractivity contribution in [3.05, 3.63) is 10.1 Å². The number of aliphatic hydroxyl groups excluding tert-OH is 1. The largest absolute Gasteiger partial charge is 0.377 e. The van der Waals surface area contributed by atoms with Gasteiger partial charge in [0.05, 0.1) is 0 Å². The lowest BCUT2D eigenvalue weighted by atomic mass is 10.7. The average molecular weight is 137 g/mol. The zero-order valence-corrected chi connectivity index (χ0v) is 4.05. The summed E-state index contributed by atoms with van der Waals surface area (Å²) >= 11 is 0. The van der Waals surface area contributed by atoms with Crippen molar-refractivity contribution in [2.45, 2.75) is 12.3 Å². The molecule has 1 aliphatic rings. The molecule has 1 fully saturated rings. The molecule has 0 bridgehead atoms. The van der Waals surface area contributed by atoms with Crippen molar-refractivity contribution in [3.8, 4) is 0 Å². The summed E-state index contributed by atoms with van der Waals surface area (Å²) in [5.41, 5.74) is 0. The van der Waals surface area contributed by atoms with Crippen molar-refractivity contribution in [3.63, 3.8) is 0 Å². The second-order valence-corrected chi connectivity index (χ2v) is 1.42. The van der Waals surface area contributed by atoms with Crippen molar-refractivity contribution in [1.29, 1.82) is 0 Å². The standard InChI is InChI=1S/C2H3NO6/c4-1-2(5,8-1)9-3(6)7/h1,4-5H. The summed E-state index contributed by atoms with van der Waals surface area (Å²) < 4.78 is 3.86. The van der Waals surface area contributed by atoms with Crippen LogP contribution in [0.2, 0.25) is 0 Å². The maximum atomic E-state index is 9.43. The first-order chi connectivity index (χ1) is 4.04. The lowest BCUT2D eigenvalue weighted by Crippen LogP contribution is -2.22. The molecule has 0 amide bonds. The molecule has 1 aliphatic heterocycles. The predicted molar refractivity (Wildman–Crippen MR) is 20.1 cm³/mol. The van der Waals surface area contributed by atoms with Gasteiger partial charge in [-0.15, -0.1) is 10.1 Å². The van der Waals surface area contributed by atoms with E-state index >= 15 is 0 Å². The van der Waals surface area contributed by atoms with Crippen LogP contribution >= 0.6 is 0 Å².